The number of carbonyl (C=O) groups excluding carboxylic acids is 1. The molecule has 4 rings (SSSR count). The number of fused-ring (bicyclic) bond motifs is 1. The van der Waals surface area contributed by atoms with Crippen LogP contribution in [0.2, 0.25) is 0 Å². The summed E-state index contributed by atoms with van der Waals surface area (Å²) in [5, 5.41) is 9.31. The van der Waals surface area contributed by atoms with Crippen LogP contribution in [0.4, 0.5) is 11.6 Å². The number of thioether (sulfide) groups is 1. The van der Waals surface area contributed by atoms with Gasteiger partial charge in [0, 0.05) is 18.8 Å². The number of aromatic nitrogens is 3. The lowest BCUT2D eigenvalue weighted by atomic mass is 10.2. The molecule has 27 heavy (non-hydrogen) atoms. The summed E-state index contributed by atoms with van der Waals surface area (Å²) in [4.78, 5) is 14.2. The Morgan fingerprint density at radius 2 is 1.85 bits per heavy atom. The fraction of sp³-hybridized carbons (Fsp3) is 0.250. The Bertz CT molecular complexity index is 925. The fourth-order valence-electron chi connectivity index (χ4n) is 2.96. The lowest BCUT2D eigenvalue weighted by molar-refractivity contribution is -0.141. The third-order valence-electron chi connectivity index (χ3n) is 4.39. The number of carbonyl (C=O) groups is 1. The van der Waals surface area contributed by atoms with Gasteiger partial charge in [-0.05, 0) is 24.6 Å². The summed E-state index contributed by atoms with van der Waals surface area (Å²) in [5.74, 6) is 0.781. The SMILES string of the molecule is Cc1ccc(N2CCn3c(SCC(=O)OCc4ccccc4)nnc32)cc1. The maximum atomic E-state index is 12.0. The first-order chi connectivity index (χ1) is 13.2. The molecule has 3 aromatic rings. The van der Waals surface area contributed by atoms with Gasteiger partial charge in [0.2, 0.25) is 5.95 Å². The van der Waals surface area contributed by atoms with Crippen LogP contribution in [-0.2, 0) is 22.7 Å². The van der Waals surface area contributed by atoms with Gasteiger partial charge in [0.1, 0.15) is 6.61 Å². The predicted octanol–water partition coefficient (Wildman–Crippen LogP) is 3.57. The van der Waals surface area contributed by atoms with Crippen molar-refractivity contribution in [1.29, 1.82) is 0 Å². The fourth-order valence-corrected chi connectivity index (χ4v) is 3.71. The Labute approximate surface area is 162 Å². The molecule has 0 amide bonds. The van der Waals surface area contributed by atoms with Crippen LogP contribution in [0.5, 0.6) is 0 Å². The second kappa shape index (κ2) is 7.84. The van der Waals surface area contributed by atoms with E-state index in [1.165, 1.54) is 17.3 Å². The second-order valence-electron chi connectivity index (χ2n) is 6.36. The van der Waals surface area contributed by atoms with Crippen LogP contribution < -0.4 is 4.90 Å². The highest BCUT2D eigenvalue weighted by molar-refractivity contribution is 7.99. The zero-order valence-electron chi connectivity index (χ0n) is 15.0. The summed E-state index contributed by atoms with van der Waals surface area (Å²) in [6, 6.07) is 18.0. The van der Waals surface area contributed by atoms with Crippen molar-refractivity contribution in [3.8, 4) is 0 Å². The van der Waals surface area contributed by atoms with Crippen LogP contribution >= 0.6 is 11.8 Å². The van der Waals surface area contributed by atoms with Crippen LogP contribution in [-0.4, -0.2) is 33.0 Å². The highest BCUT2D eigenvalue weighted by Gasteiger charge is 2.26. The number of nitrogens with zero attached hydrogens (tertiary/aromatic N) is 4. The number of benzene rings is 2. The number of hydrogen-bond donors (Lipinski definition) is 0. The minimum atomic E-state index is -0.255. The van der Waals surface area contributed by atoms with Gasteiger partial charge >= 0.3 is 5.97 Å². The standard InChI is InChI=1S/C20H20N4O2S/c1-15-7-9-17(10-8-15)23-11-12-24-19(23)21-22-20(24)27-14-18(25)26-13-16-5-3-2-4-6-16/h2-10H,11-14H2,1H3. The Hall–Kier alpha value is -2.80. The van der Waals surface area contributed by atoms with Gasteiger partial charge in [0.15, 0.2) is 5.16 Å². The molecule has 7 heteroatoms. The normalized spacial score (nSPS) is 12.9. The Kier molecular flexibility index (Phi) is 5.11. The van der Waals surface area contributed by atoms with Gasteiger partial charge in [-0.15, -0.1) is 10.2 Å². The molecular weight excluding hydrogens is 360 g/mol. The molecule has 0 saturated heterocycles. The molecule has 1 aliphatic heterocycles. The molecule has 0 N–H and O–H groups in total. The Balaban J connectivity index is 1.35. The largest absolute Gasteiger partial charge is 0.460 e. The number of ether oxygens (including phenoxy) is 1. The van der Waals surface area contributed by atoms with E-state index in [0.29, 0.717) is 6.61 Å². The highest BCUT2D eigenvalue weighted by atomic mass is 32.2. The Morgan fingerprint density at radius 3 is 2.63 bits per heavy atom. The summed E-state index contributed by atoms with van der Waals surface area (Å²) < 4.78 is 7.37. The quantitative estimate of drug-likeness (QED) is 0.481. The number of hydrogen-bond acceptors (Lipinski definition) is 6. The van der Waals surface area contributed by atoms with Crippen LogP contribution in [0.15, 0.2) is 59.8 Å². The van der Waals surface area contributed by atoms with Crippen LogP contribution in [0, 0.1) is 6.92 Å². The Morgan fingerprint density at radius 1 is 1.07 bits per heavy atom. The molecule has 0 saturated carbocycles. The molecule has 6 nitrogen and oxygen atoms in total. The number of aryl methyl sites for hydroxylation is 1. The lowest BCUT2D eigenvalue weighted by Crippen LogP contribution is -2.14. The average Bonchev–Trinajstić information content (AvgIpc) is 3.29. The molecule has 138 valence electrons. The van der Waals surface area contributed by atoms with Crippen LogP contribution in [0.3, 0.4) is 0 Å². The van der Waals surface area contributed by atoms with Gasteiger partial charge in [-0.1, -0.05) is 59.8 Å². The van der Waals surface area contributed by atoms with Gasteiger partial charge in [-0.25, -0.2) is 0 Å². The maximum Gasteiger partial charge on any atom is 0.316 e. The van der Waals surface area contributed by atoms with Crippen molar-refractivity contribution in [3.05, 3.63) is 65.7 Å². The van der Waals surface area contributed by atoms with Crippen molar-refractivity contribution in [2.45, 2.75) is 25.2 Å². The minimum absolute atomic E-state index is 0.218. The summed E-state index contributed by atoms with van der Waals surface area (Å²) in [6.45, 7) is 4.01. The number of anilines is 2. The van der Waals surface area contributed by atoms with E-state index in [0.717, 1.165) is 35.4 Å². The average molecular weight is 380 g/mol. The predicted molar refractivity (Wildman–Crippen MR) is 105 cm³/mol. The van der Waals surface area contributed by atoms with E-state index >= 15 is 0 Å². The van der Waals surface area contributed by atoms with Crippen molar-refractivity contribution < 1.29 is 9.53 Å². The molecule has 0 radical (unpaired) electrons. The first-order valence-electron chi connectivity index (χ1n) is 8.80. The zero-order chi connectivity index (χ0) is 18.6. The van der Waals surface area contributed by atoms with Crippen LogP contribution in [0.25, 0.3) is 0 Å². The van der Waals surface area contributed by atoms with E-state index in [2.05, 4.69) is 50.9 Å². The monoisotopic (exact) mass is 380 g/mol. The van der Waals surface area contributed by atoms with Gasteiger partial charge in [0.25, 0.3) is 0 Å². The molecule has 1 aliphatic rings. The van der Waals surface area contributed by atoms with E-state index in [4.69, 9.17) is 4.74 Å². The van der Waals surface area contributed by atoms with Crippen molar-refractivity contribution >= 4 is 29.4 Å². The molecule has 0 atom stereocenters. The van der Waals surface area contributed by atoms with E-state index in [1.54, 1.807) is 0 Å². The molecule has 0 fully saturated rings. The molecule has 2 heterocycles. The third-order valence-corrected chi connectivity index (χ3v) is 5.33. The van der Waals surface area contributed by atoms with Crippen LogP contribution in [0.1, 0.15) is 11.1 Å². The molecule has 0 unspecified atom stereocenters. The third kappa shape index (κ3) is 3.98. The first kappa shape index (κ1) is 17.6. The van der Waals surface area contributed by atoms with Crippen molar-refractivity contribution in [1.82, 2.24) is 14.8 Å². The maximum absolute atomic E-state index is 12.0. The van der Waals surface area contributed by atoms with Crippen molar-refractivity contribution in [2.75, 3.05) is 17.2 Å². The van der Waals surface area contributed by atoms with Gasteiger partial charge in [-0.3, -0.25) is 9.36 Å². The summed E-state index contributed by atoms with van der Waals surface area (Å²) in [7, 11) is 0. The van der Waals surface area contributed by atoms with E-state index in [9.17, 15) is 4.79 Å². The van der Waals surface area contributed by atoms with Gasteiger partial charge in [0.05, 0.1) is 5.75 Å². The number of esters is 1. The first-order valence-corrected chi connectivity index (χ1v) is 9.79. The van der Waals surface area contributed by atoms with Crippen molar-refractivity contribution in [2.24, 2.45) is 0 Å². The van der Waals surface area contributed by atoms with E-state index in [1.807, 2.05) is 30.3 Å². The van der Waals surface area contributed by atoms with Crippen molar-refractivity contribution in [3.63, 3.8) is 0 Å². The topological polar surface area (TPSA) is 60.2 Å². The molecule has 0 bridgehead atoms. The molecule has 2 aromatic carbocycles. The minimum Gasteiger partial charge on any atom is -0.460 e. The summed E-state index contributed by atoms with van der Waals surface area (Å²) in [6.07, 6.45) is 0. The van der Waals surface area contributed by atoms with E-state index < -0.39 is 0 Å². The van der Waals surface area contributed by atoms with Gasteiger partial charge < -0.3 is 9.64 Å². The smallest absolute Gasteiger partial charge is 0.316 e. The van der Waals surface area contributed by atoms with Gasteiger partial charge in [-0.2, -0.15) is 0 Å². The highest BCUT2D eigenvalue weighted by Crippen LogP contribution is 2.32. The van der Waals surface area contributed by atoms with E-state index in [-0.39, 0.29) is 11.7 Å². The molecular formula is C20H20N4O2S. The molecule has 0 aliphatic carbocycles. The zero-order valence-corrected chi connectivity index (χ0v) is 15.9. The summed E-state index contributed by atoms with van der Waals surface area (Å²) >= 11 is 1.36. The molecule has 0 spiro atoms. The summed E-state index contributed by atoms with van der Waals surface area (Å²) in [5.41, 5.74) is 3.31. The lowest BCUT2D eigenvalue weighted by Gasteiger charge is -2.15. The molecule has 1 aromatic heterocycles. The number of rotatable bonds is 6. The second-order valence-corrected chi connectivity index (χ2v) is 7.30.